The molecule has 2 atom stereocenters. The molecule has 2 aliphatic rings. The van der Waals surface area contributed by atoms with E-state index in [1.54, 1.807) is 11.3 Å². The molecule has 0 saturated carbocycles. The lowest BCUT2D eigenvalue weighted by molar-refractivity contribution is -0.125. The summed E-state index contributed by atoms with van der Waals surface area (Å²) in [5.41, 5.74) is 2.46. The number of fused-ring (bicyclic) bond motifs is 2. The second-order valence-corrected chi connectivity index (χ2v) is 9.66. The molecule has 0 unspecified atom stereocenters. The zero-order valence-corrected chi connectivity index (χ0v) is 18.1. The number of nitrogens with one attached hydrogen (secondary N) is 1. The van der Waals surface area contributed by atoms with Crippen LogP contribution in [0.3, 0.4) is 0 Å². The van der Waals surface area contributed by atoms with E-state index in [2.05, 4.69) is 32.2 Å². The van der Waals surface area contributed by atoms with Crippen molar-refractivity contribution in [2.75, 3.05) is 10.2 Å². The molecule has 0 saturated heterocycles. The summed E-state index contributed by atoms with van der Waals surface area (Å²) < 4.78 is 0. The smallest absolute Gasteiger partial charge is 0.227 e. The Bertz CT molecular complexity index is 946. The van der Waals surface area contributed by atoms with Crippen LogP contribution in [-0.2, 0) is 9.59 Å². The Morgan fingerprint density at radius 3 is 2.76 bits per heavy atom. The van der Waals surface area contributed by atoms with Crippen molar-refractivity contribution in [3.05, 3.63) is 58.4 Å². The molecule has 1 N–H and O–H groups in total. The number of rotatable bonds is 4. The summed E-state index contributed by atoms with van der Waals surface area (Å²) in [5.74, 6) is -0.0995. The Kier molecular flexibility index (Phi) is 5.34. The van der Waals surface area contributed by atoms with Crippen LogP contribution in [0, 0.1) is 11.3 Å². The summed E-state index contributed by atoms with van der Waals surface area (Å²) in [7, 11) is 0. The van der Waals surface area contributed by atoms with E-state index >= 15 is 0 Å². The first kappa shape index (κ1) is 19.9. The number of unbranched alkanes of at least 4 members (excludes halogenated alkanes) is 1. The molecule has 1 amide bonds. The molecular formula is C24H28N2O2S. The molecule has 29 heavy (non-hydrogen) atoms. The normalized spacial score (nSPS) is 22.8. The fourth-order valence-electron chi connectivity index (χ4n) is 4.49. The van der Waals surface area contributed by atoms with Crippen molar-refractivity contribution < 1.29 is 9.59 Å². The largest absolute Gasteiger partial charge is 0.357 e. The number of allylic oxidation sites excluding steroid dienone is 1. The monoisotopic (exact) mass is 408 g/mol. The Morgan fingerprint density at radius 1 is 1.24 bits per heavy atom. The SMILES string of the molecule is CCCCC(=O)N1c2ccccc2NC2=CC(C)(C)CC(=O)[C@@H]2[C@@H]1c1cccs1. The van der Waals surface area contributed by atoms with Crippen LogP contribution in [0.5, 0.6) is 0 Å². The molecule has 1 aromatic heterocycles. The molecule has 0 fully saturated rings. The van der Waals surface area contributed by atoms with E-state index in [4.69, 9.17) is 0 Å². The molecule has 4 rings (SSSR count). The van der Waals surface area contributed by atoms with Crippen molar-refractivity contribution in [1.29, 1.82) is 0 Å². The van der Waals surface area contributed by atoms with Crippen molar-refractivity contribution in [3.8, 4) is 0 Å². The topological polar surface area (TPSA) is 49.4 Å². The molecule has 0 bridgehead atoms. The van der Waals surface area contributed by atoms with Crippen LogP contribution in [0.15, 0.2) is 53.6 Å². The quantitative estimate of drug-likeness (QED) is 0.681. The van der Waals surface area contributed by atoms with Crippen molar-refractivity contribution in [3.63, 3.8) is 0 Å². The molecule has 5 heteroatoms. The Hall–Kier alpha value is -2.40. The molecular weight excluding hydrogens is 380 g/mol. The van der Waals surface area contributed by atoms with Crippen LogP contribution in [0.4, 0.5) is 11.4 Å². The summed E-state index contributed by atoms with van der Waals surface area (Å²) >= 11 is 1.61. The fourth-order valence-corrected chi connectivity index (χ4v) is 5.34. The maximum Gasteiger partial charge on any atom is 0.227 e. The summed E-state index contributed by atoms with van der Waals surface area (Å²) in [5, 5.41) is 5.55. The number of carbonyl (C=O) groups is 2. The number of benzene rings is 1. The molecule has 1 aliphatic heterocycles. The highest BCUT2D eigenvalue weighted by molar-refractivity contribution is 7.10. The van der Waals surface area contributed by atoms with Gasteiger partial charge in [0.2, 0.25) is 5.91 Å². The number of nitrogens with zero attached hydrogens (tertiary/aromatic N) is 1. The fraction of sp³-hybridized carbons (Fsp3) is 0.417. The maximum atomic E-state index is 13.5. The molecule has 1 aromatic carbocycles. The third kappa shape index (κ3) is 3.76. The number of carbonyl (C=O) groups excluding carboxylic acids is 2. The van der Waals surface area contributed by atoms with E-state index in [9.17, 15) is 9.59 Å². The zero-order chi connectivity index (χ0) is 20.6. The van der Waals surface area contributed by atoms with E-state index in [1.807, 2.05) is 46.7 Å². The number of amides is 1. The summed E-state index contributed by atoms with van der Waals surface area (Å²) in [6.45, 7) is 6.28. The van der Waals surface area contributed by atoms with Crippen LogP contribution < -0.4 is 10.2 Å². The number of anilines is 2. The molecule has 2 aromatic rings. The van der Waals surface area contributed by atoms with Crippen LogP contribution >= 0.6 is 11.3 Å². The van der Waals surface area contributed by atoms with Crippen molar-refractivity contribution >= 4 is 34.4 Å². The first-order chi connectivity index (χ1) is 13.9. The van der Waals surface area contributed by atoms with Gasteiger partial charge >= 0.3 is 0 Å². The molecule has 2 heterocycles. The van der Waals surface area contributed by atoms with Crippen molar-refractivity contribution in [1.82, 2.24) is 0 Å². The van der Waals surface area contributed by atoms with Crippen LogP contribution in [0.1, 0.15) is 57.4 Å². The van der Waals surface area contributed by atoms with Gasteiger partial charge in [0.05, 0.1) is 23.3 Å². The van der Waals surface area contributed by atoms with Gasteiger partial charge < -0.3 is 10.2 Å². The second kappa shape index (κ2) is 7.79. The summed E-state index contributed by atoms with van der Waals surface area (Å²) in [6.07, 6.45) is 4.97. The highest BCUT2D eigenvalue weighted by atomic mass is 32.1. The predicted molar refractivity (Wildman–Crippen MR) is 119 cm³/mol. The van der Waals surface area contributed by atoms with Gasteiger partial charge in [0.1, 0.15) is 5.78 Å². The Balaban J connectivity index is 1.93. The zero-order valence-electron chi connectivity index (χ0n) is 17.3. The van der Waals surface area contributed by atoms with Gasteiger partial charge in [0.15, 0.2) is 0 Å². The van der Waals surface area contributed by atoms with E-state index in [0.29, 0.717) is 12.8 Å². The van der Waals surface area contributed by atoms with E-state index in [1.165, 1.54) is 0 Å². The van der Waals surface area contributed by atoms with E-state index in [0.717, 1.165) is 34.8 Å². The highest BCUT2D eigenvalue weighted by Gasteiger charge is 2.46. The molecule has 1 aliphatic carbocycles. The summed E-state index contributed by atoms with van der Waals surface area (Å²) in [4.78, 5) is 29.8. The average Bonchev–Trinajstić information content (AvgIpc) is 3.15. The predicted octanol–water partition coefficient (Wildman–Crippen LogP) is 5.94. The number of ketones is 1. The Labute approximate surface area is 176 Å². The van der Waals surface area contributed by atoms with Crippen molar-refractivity contribution in [2.45, 2.75) is 52.5 Å². The minimum Gasteiger partial charge on any atom is -0.357 e. The highest BCUT2D eigenvalue weighted by Crippen LogP contribution is 2.49. The van der Waals surface area contributed by atoms with Gasteiger partial charge in [-0.2, -0.15) is 0 Å². The molecule has 4 nitrogen and oxygen atoms in total. The maximum absolute atomic E-state index is 13.5. The van der Waals surface area contributed by atoms with Gasteiger partial charge in [0, 0.05) is 23.4 Å². The second-order valence-electron chi connectivity index (χ2n) is 8.68. The average molecular weight is 409 g/mol. The van der Waals surface area contributed by atoms with Crippen molar-refractivity contribution in [2.24, 2.45) is 11.3 Å². The van der Waals surface area contributed by atoms with Gasteiger partial charge in [-0.05, 0) is 35.4 Å². The Morgan fingerprint density at radius 2 is 2.03 bits per heavy atom. The van der Waals surface area contributed by atoms with Gasteiger partial charge in [-0.3, -0.25) is 9.59 Å². The third-order valence-corrected chi connectivity index (χ3v) is 6.69. The number of thiophene rings is 1. The van der Waals surface area contributed by atoms with Gasteiger partial charge in [-0.15, -0.1) is 11.3 Å². The first-order valence-electron chi connectivity index (χ1n) is 10.4. The summed E-state index contributed by atoms with van der Waals surface area (Å²) in [6, 6.07) is 11.6. The number of hydrogen-bond acceptors (Lipinski definition) is 4. The van der Waals surface area contributed by atoms with Gasteiger partial charge in [-0.1, -0.05) is 51.5 Å². The minimum atomic E-state index is -0.375. The number of hydrogen-bond donors (Lipinski definition) is 1. The van der Waals surface area contributed by atoms with Gasteiger partial charge in [0.25, 0.3) is 0 Å². The third-order valence-electron chi connectivity index (χ3n) is 5.74. The minimum absolute atomic E-state index is 0.0818. The van der Waals surface area contributed by atoms with E-state index in [-0.39, 0.29) is 29.1 Å². The lowest BCUT2D eigenvalue weighted by Crippen LogP contribution is -2.43. The van der Waals surface area contributed by atoms with E-state index < -0.39 is 0 Å². The lowest BCUT2D eigenvalue weighted by Gasteiger charge is -2.38. The lowest BCUT2D eigenvalue weighted by atomic mass is 9.73. The standard InChI is InChI=1S/C24H28N2O2S/c1-4-5-12-21(28)26-18-10-7-6-9-16(18)25-17-14-24(2,3)15-19(27)22(17)23(26)20-11-8-13-29-20/h6-11,13-14,22-23,25H,4-5,12,15H2,1-3H3/t22-,23+/m1/s1. The van der Waals surface area contributed by atoms with Crippen LogP contribution in [0.2, 0.25) is 0 Å². The first-order valence-corrected chi connectivity index (χ1v) is 11.3. The number of para-hydroxylation sites is 2. The van der Waals surface area contributed by atoms with Gasteiger partial charge in [-0.25, -0.2) is 0 Å². The molecule has 0 radical (unpaired) electrons. The number of Topliss-reactive ketones (excluding diaryl/α,β-unsaturated/α-hetero) is 1. The van der Waals surface area contributed by atoms with Crippen LogP contribution in [0.25, 0.3) is 0 Å². The van der Waals surface area contributed by atoms with Crippen LogP contribution in [-0.4, -0.2) is 11.7 Å². The molecule has 0 spiro atoms. The molecule has 152 valence electrons.